The van der Waals surface area contributed by atoms with E-state index in [1.807, 2.05) is 30.3 Å². The minimum Gasteiger partial charge on any atom is -0.461 e. The highest BCUT2D eigenvalue weighted by Gasteiger charge is 2.19. The lowest BCUT2D eigenvalue weighted by molar-refractivity contribution is -0.124. The van der Waals surface area contributed by atoms with Gasteiger partial charge in [-0.1, -0.05) is 30.3 Å². The quantitative estimate of drug-likeness (QED) is 0.160. The molecule has 0 radical (unpaired) electrons. The molecule has 0 fully saturated rings. The molecule has 2 heterocycles. The number of unbranched alkanes of at least 4 members (excludes halogenated alkanes) is 1. The van der Waals surface area contributed by atoms with Crippen LogP contribution in [0.3, 0.4) is 0 Å². The molecule has 0 bridgehead atoms. The minimum absolute atomic E-state index is 0.0316. The summed E-state index contributed by atoms with van der Waals surface area (Å²) in [5, 5.41) is 7.91. The highest BCUT2D eigenvalue weighted by molar-refractivity contribution is 5.97. The molecule has 0 saturated carbocycles. The molecule has 1 aromatic carbocycles. The van der Waals surface area contributed by atoms with Crippen molar-refractivity contribution in [3.63, 3.8) is 0 Å². The molecule has 0 spiro atoms. The first-order valence-electron chi connectivity index (χ1n) is 13.2. The van der Waals surface area contributed by atoms with Gasteiger partial charge in [0.05, 0.1) is 12.3 Å². The van der Waals surface area contributed by atoms with Gasteiger partial charge in [-0.2, -0.15) is 0 Å². The molecule has 0 aliphatic heterocycles. The molecule has 13 nitrogen and oxygen atoms in total. The van der Waals surface area contributed by atoms with E-state index in [0.29, 0.717) is 30.7 Å². The Hall–Kier alpha value is -4.94. The Kier molecular flexibility index (Phi) is 11.6. The summed E-state index contributed by atoms with van der Waals surface area (Å²) in [6.07, 6.45) is 3.69. The normalized spacial score (nSPS) is 11.3. The van der Waals surface area contributed by atoms with Crippen molar-refractivity contribution in [3.05, 3.63) is 66.1 Å². The van der Waals surface area contributed by atoms with E-state index in [0.717, 1.165) is 5.56 Å². The monoisotopic (exact) mass is 566 g/mol. The van der Waals surface area contributed by atoms with Crippen LogP contribution in [-0.2, 0) is 30.5 Å². The number of carbonyl (C=O) groups is 5. The van der Waals surface area contributed by atoms with Crippen molar-refractivity contribution in [1.82, 2.24) is 20.0 Å². The molecule has 218 valence electrons. The van der Waals surface area contributed by atoms with Gasteiger partial charge in [-0.25, -0.2) is 14.6 Å². The van der Waals surface area contributed by atoms with Crippen molar-refractivity contribution in [2.75, 3.05) is 18.5 Å². The Morgan fingerprint density at radius 1 is 0.976 bits per heavy atom. The zero-order chi connectivity index (χ0) is 29.6. The van der Waals surface area contributed by atoms with Crippen LogP contribution in [0.1, 0.15) is 55.1 Å². The van der Waals surface area contributed by atoms with E-state index < -0.39 is 24.0 Å². The number of imidazole rings is 1. The van der Waals surface area contributed by atoms with Gasteiger partial charge in [0.15, 0.2) is 11.3 Å². The Morgan fingerprint density at radius 3 is 2.46 bits per heavy atom. The molecule has 0 aliphatic carbocycles. The number of amides is 4. The van der Waals surface area contributed by atoms with E-state index >= 15 is 0 Å². The van der Waals surface area contributed by atoms with Crippen LogP contribution in [0.4, 0.5) is 10.5 Å². The molecule has 0 aliphatic rings. The van der Waals surface area contributed by atoms with E-state index in [1.165, 1.54) is 6.20 Å². The molecule has 1 atom stereocenters. The van der Waals surface area contributed by atoms with Crippen molar-refractivity contribution >= 4 is 41.1 Å². The number of carbonyl (C=O) groups excluding carboxylic acids is 5. The van der Waals surface area contributed by atoms with Crippen molar-refractivity contribution in [1.29, 1.82) is 0 Å². The third-order valence-corrected chi connectivity index (χ3v) is 5.91. The van der Waals surface area contributed by atoms with Gasteiger partial charge >= 0.3 is 12.1 Å². The van der Waals surface area contributed by atoms with Crippen LogP contribution in [-0.4, -0.2) is 58.4 Å². The third-order valence-electron chi connectivity index (χ3n) is 5.91. The van der Waals surface area contributed by atoms with Crippen molar-refractivity contribution in [2.45, 2.75) is 51.7 Å². The van der Waals surface area contributed by atoms with Crippen LogP contribution < -0.4 is 21.7 Å². The van der Waals surface area contributed by atoms with Gasteiger partial charge in [0, 0.05) is 31.8 Å². The first kappa shape index (κ1) is 30.6. The summed E-state index contributed by atoms with van der Waals surface area (Å²) >= 11 is 0. The zero-order valence-electron chi connectivity index (χ0n) is 22.8. The van der Waals surface area contributed by atoms with E-state index in [4.69, 9.17) is 15.2 Å². The van der Waals surface area contributed by atoms with E-state index in [9.17, 15) is 24.0 Å². The second kappa shape index (κ2) is 15.6. The van der Waals surface area contributed by atoms with Crippen LogP contribution in [0.15, 0.2) is 54.9 Å². The second-order valence-electron chi connectivity index (χ2n) is 9.05. The summed E-state index contributed by atoms with van der Waals surface area (Å²) in [5.74, 6) is -1.94. The fourth-order valence-electron chi connectivity index (χ4n) is 3.84. The lowest BCUT2D eigenvalue weighted by atomic mass is 10.1. The smallest absolute Gasteiger partial charge is 0.408 e. The summed E-state index contributed by atoms with van der Waals surface area (Å²) in [6.45, 7) is 2.31. The number of nitrogens with one attached hydrogen (secondary N) is 3. The predicted molar refractivity (Wildman–Crippen MR) is 149 cm³/mol. The van der Waals surface area contributed by atoms with Crippen molar-refractivity contribution in [2.24, 2.45) is 5.73 Å². The Balaban J connectivity index is 1.33. The summed E-state index contributed by atoms with van der Waals surface area (Å²) in [7, 11) is 0. The summed E-state index contributed by atoms with van der Waals surface area (Å²) in [5.41, 5.74) is 7.10. The van der Waals surface area contributed by atoms with Gasteiger partial charge in [-0.05, 0) is 43.9 Å². The molecule has 0 unspecified atom stereocenters. The van der Waals surface area contributed by atoms with Gasteiger partial charge in [0.25, 0.3) is 0 Å². The first-order chi connectivity index (χ1) is 19.8. The number of rotatable bonds is 15. The molecule has 13 heteroatoms. The van der Waals surface area contributed by atoms with Gasteiger partial charge < -0.3 is 35.6 Å². The third kappa shape index (κ3) is 9.95. The summed E-state index contributed by atoms with van der Waals surface area (Å²) in [4.78, 5) is 64.5. The number of esters is 1. The van der Waals surface area contributed by atoms with Crippen LogP contribution >= 0.6 is 0 Å². The van der Waals surface area contributed by atoms with Crippen molar-refractivity contribution in [3.8, 4) is 0 Å². The maximum absolute atomic E-state index is 12.4. The number of nitrogens with zero attached hydrogens (tertiary/aromatic N) is 2. The fraction of sp³-hybridized carbons (Fsp3) is 0.357. The summed E-state index contributed by atoms with van der Waals surface area (Å²) < 4.78 is 11.7. The highest BCUT2D eigenvalue weighted by atomic mass is 16.5. The number of anilines is 1. The first-order valence-corrected chi connectivity index (χ1v) is 13.2. The molecule has 0 saturated heterocycles. The number of nitrogens with two attached hydrogens (primary N) is 1. The highest BCUT2D eigenvalue weighted by Crippen LogP contribution is 2.17. The molecule has 2 aromatic heterocycles. The fourth-order valence-corrected chi connectivity index (χ4v) is 3.84. The number of ether oxygens (including phenoxy) is 2. The average molecular weight is 567 g/mol. The van der Waals surface area contributed by atoms with E-state index in [2.05, 4.69) is 20.9 Å². The predicted octanol–water partition coefficient (Wildman–Crippen LogP) is 2.30. The number of benzene rings is 1. The van der Waals surface area contributed by atoms with Gasteiger partial charge in [-0.15, -0.1) is 0 Å². The van der Waals surface area contributed by atoms with E-state index in [1.54, 1.807) is 29.7 Å². The number of pyridine rings is 1. The molecule has 3 aromatic rings. The van der Waals surface area contributed by atoms with Crippen LogP contribution in [0, 0.1) is 0 Å². The number of primary amides is 1. The van der Waals surface area contributed by atoms with Crippen molar-refractivity contribution < 1.29 is 33.4 Å². The second-order valence-corrected chi connectivity index (χ2v) is 9.05. The number of aromatic nitrogens is 2. The SMILES string of the molecule is CCOC(=O)c1cn2cccc(NC(=O)CCC(=O)NCCCC[C@H](NC(=O)OCc3ccccc3)C(N)=O)c2n1. The van der Waals surface area contributed by atoms with Crippen LogP contribution in [0.2, 0.25) is 0 Å². The molecule has 4 amide bonds. The van der Waals surface area contributed by atoms with Gasteiger partial charge in [-0.3, -0.25) is 14.4 Å². The minimum atomic E-state index is -0.898. The topological polar surface area (TPSA) is 183 Å². The molecular weight excluding hydrogens is 532 g/mol. The maximum Gasteiger partial charge on any atom is 0.408 e. The Bertz CT molecular complexity index is 1360. The lowest BCUT2D eigenvalue weighted by Gasteiger charge is -2.15. The number of fused-ring (bicyclic) bond motifs is 1. The number of hydrogen-bond donors (Lipinski definition) is 4. The van der Waals surface area contributed by atoms with E-state index in [-0.39, 0.29) is 50.0 Å². The number of hydrogen-bond acceptors (Lipinski definition) is 8. The number of alkyl carbamates (subject to hydrolysis) is 1. The largest absolute Gasteiger partial charge is 0.461 e. The lowest BCUT2D eigenvalue weighted by Crippen LogP contribution is -2.44. The zero-order valence-corrected chi connectivity index (χ0v) is 22.8. The summed E-state index contributed by atoms with van der Waals surface area (Å²) in [6, 6.07) is 11.6. The molecular formula is C28H34N6O7. The Morgan fingerprint density at radius 2 is 1.73 bits per heavy atom. The maximum atomic E-state index is 12.4. The molecule has 41 heavy (non-hydrogen) atoms. The standard InChI is InChI=1S/C28H34N6O7/c1-2-40-27(38)22-17-34-16-8-12-21(26(34)32-22)31-24(36)14-13-23(35)30-15-7-6-11-20(25(29)37)33-28(39)41-18-19-9-4-3-5-10-19/h3-5,8-10,12,16-17,20H,2,6-7,11,13-15,18H2,1H3,(H2,29,37)(H,30,35)(H,31,36)(H,33,39)/t20-/m0/s1. The Labute approximate surface area is 236 Å². The van der Waals surface area contributed by atoms with Gasteiger partial charge in [0.1, 0.15) is 12.6 Å². The molecule has 3 rings (SSSR count). The van der Waals surface area contributed by atoms with Crippen LogP contribution in [0.25, 0.3) is 5.65 Å². The average Bonchev–Trinajstić information content (AvgIpc) is 3.40. The molecule has 5 N–H and O–H groups in total. The van der Waals surface area contributed by atoms with Gasteiger partial charge in [0.2, 0.25) is 17.7 Å². The van der Waals surface area contributed by atoms with Crippen LogP contribution in [0.5, 0.6) is 0 Å².